The molecule has 7 nitrogen and oxygen atoms in total. The first-order valence-electron chi connectivity index (χ1n) is 11.1. The van der Waals surface area contributed by atoms with Crippen LogP contribution < -0.4 is 9.04 Å². The molecule has 0 fully saturated rings. The quantitative estimate of drug-likeness (QED) is 0.486. The molecule has 2 aliphatic rings. The molecule has 1 aliphatic carbocycles. The van der Waals surface area contributed by atoms with Crippen LogP contribution in [0.4, 0.5) is 5.69 Å². The van der Waals surface area contributed by atoms with Crippen LogP contribution in [-0.2, 0) is 23.2 Å². The third-order valence-electron chi connectivity index (χ3n) is 5.69. The normalized spacial score (nSPS) is 15.2. The Morgan fingerprint density at radius 2 is 2.03 bits per heavy atom. The number of anilines is 1. The summed E-state index contributed by atoms with van der Waals surface area (Å²) in [5.74, 6) is -0.402. The highest BCUT2D eigenvalue weighted by molar-refractivity contribution is 8.10. The number of nitrogens with zero attached hydrogens (tertiary/aromatic N) is 2. The van der Waals surface area contributed by atoms with Crippen molar-refractivity contribution in [1.29, 1.82) is 0 Å². The van der Waals surface area contributed by atoms with E-state index in [0.717, 1.165) is 28.7 Å². The number of rotatable bonds is 9. The Morgan fingerprint density at radius 3 is 2.68 bits per heavy atom. The minimum absolute atomic E-state index is 0.0976. The van der Waals surface area contributed by atoms with Gasteiger partial charge >= 0.3 is 16.2 Å². The number of aromatic carboxylic acids is 1. The summed E-state index contributed by atoms with van der Waals surface area (Å²) in [4.78, 5) is 11.3. The van der Waals surface area contributed by atoms with Gasteiger partial charge in [0.2, 0.25) is 0 Å². The molecule has 0 aromatic heterocycles. The Morgan fingerprint density at radius 1 is 1.24 bits per heavy atom. The Bertz CT molecular complexity index is 1260. The van der Waals surface area contributed by atoms with Crippen molar-refractivity contribution in [3.05, 3.63) is 75.7 Å². The summed E-state index contributed by atoms with van der Waals surface area (Å²) in [5.41, 5.74) is 4.44. The van der Waals surface area contributed by atoms with Crippen LogP contribution in [0.3, 0.4) is 0 Å². The summed E-state index contributed by atoms with van der Waals surface area (Å²) in [6.45, 7) is 6.64. The summed E-state index contributed by atoms with van der Waals surface area (Å²) >= 11 is 1.17. The maximum absolute atomic E-state index is 13.6. The lowest BCUT2D eigenvalue weighted by Gasteiger charge is -2.31. The molecule has 1 heterocycles. The van der Waals surface area contributed by atoms with Gasteiger partial charge in [-0.05, 0) is 83.1 Å². The number of fused-ring (bicyclic) bond motifs is 1. The Hall–Kier alpha value is -2.75. The van der Waals surface area contributed by atoms with Crippen LogP contribution >= 0.6 is 11.9 Å². The van der Waals surface area contributed by atoms with Crippen LogP contribution in [0.1, 0.15) is 46.5 Å². The van der Waals surface area contributed by atoms with Crippen molar-refractivity contribution >= 4 is 39.9 Å². The second-order valence-corrected chi connectivity index (χ2v) is 11.7. The monoisotopic (exact) mass is 500 g/mol. The Kier molecular flexibility index (Phi) is 7.06. The molecule has 9 heteroatoms. The van der Waals surface area contributed by atoms with Gasteiger partial charge < -0.3 is 9.84 Å². The van der Waals surface area contributed by atoms with E-state index in [9.17, 15) is 18.3 Å². The summed E-state index contributed by atoms with van der Waals surface area (Å²) in [6.07, 6.45) is 6.63. The molecule has 0 unspecified atom stereocenters. The third-order valence-corrected chi connectivity index (χ3v) is 8.78. The van der Waals surface area contributed by atoms with Gasteiger partial charge in [0.25, 0.3) is 0 Å². The van der Waals surface area contributed by atoms with Gasteiger partial charge in [-0.2, -0.15) is 8.42 Å². The fourth-order valence-corrected chi connectivity index (χ4v) is 6.60. The van der Waals surface area contributed by atoms with Crippen molar-refractivity contribution < 1.29 is 23.1 Å². The van der Waals surface area contributed by atoms with Crippen molar-refractivity contribution in [2.75, 3.05) is 17.4 Å². The molecule has 2 aromatic rings. The minimum Gasteiger partial charge on any atom is -0.487 e. The van der Waals surface area contributed by atoms with Crippen LogP contribution in [-0.4, -0.2) is 36.3 Å². The highest BCUT2D eigenvalue weighted by Crippen LogP contribution is 2.39. The Balaban J connectivity index is 1.71. The number of ether oxygens (including phenoxy) is 1. The molecule has 180 valence electrons. The van der Waals surface area contributed by atoms with Crippen molar-refractivity contribution in [2.45, 2.75) is 33.8 Å². The number of carboxylic acid groups (broad SMARTS) is 1. The lowest BCUT2D eigenvalue weighted by atomic mass is 10.1. The maximum atomic E-state index is 13.6. The Labute approximate surface area is 205 Å². The third kappa shape index (κ3) is 5.01. The number of allylic oxidation sites excluding steroid dienone is 1. The first-order chi connectivity index (χ1) is 16.2. The molecular formula is C25H28N2O5S2. The average molecular weight is 501 g/mol. The number of carbonyl (C=O) groups is 1. The predicted octanol–water partition coefficient (Wildman–Crippen LogP) is 5.03. The van der Waals surface area contributed by atoms with Crippen LogP contribution in [0.2, 0.25) is 0 Å². The first kappa shape index (κ1) is 24.4. The fourth-order valence-electron chi connectivity index (χ4n) is 3.92. The van der Waals surface area contributed by atoms with Gasteiger partial charge in [-0.25, -0.2) is 4.79 Å². The highest BCUT2D eigenvalue weighted by atomic mass is 32.3. The van der Waals surface area contributed by atoms with E-state index in [-0.39, 0.29) is 18.1 Å². The summed E-state index contributed by atoms with van der Waals surface area (Å²) in [7, 11) is -3.79. The molecule has 0 saturated heterocycles. The average Bonchev–Trinajstić information content (AvgIpc) is 3.48. The van der Waals surface area contributed by atoms with E-state index in [4.69, 9.17) is 4.74 Å². The number of aryl methyl sites for hydroxylation is 1. The molecule has 0 saturated carbocycles. The lowest BCUT2D eigenvalue weighted by Crippen LogP contribution is -2.42. The minimum atomic E-state index is -3.79. The predicted molar refractivity (Wildman–Crippen MR) is 136 cm³/mol. The zero-order valence-electron chi connectivity index (χ0n) is 19.4. The topological polar surface area (TPSA) is 87.1 Å². The van der Waals surface area contributed by atoms with Gasteiger partial charge in [0.05, 0.1) is 11.3 Å². The molecule has 4 rings (SSSR count). The highest BCUT2D eigenvalue weighted by Gasteiger charge is 2.34. The molecule has 0 bridgehead atoms. The molecule has 2 aromatic carbocycles. The van der Waals surface area contributed by atoms with E-state index in [1.165, 1.54) is 20.0 Å². The first-order valence-corrected chi connectivity index (χ1v) is 13.3. The van der Waals surface area contributed by atoms with Crippen molar-refractivity contribution in [2.24, 2.45) is 5.92 Å². The second kappa shape index (κ2) is 9.85. The number of hydrogen-bond donors (Lipinski definition) is 1. The maximum Gasteiger partial charge on any atom is 0.335 e. The van der Waals surface area contributed by atoms with Gasteiger partial charge in [0.1, 0.15) is 12.4 Å². The van der Waals surface area contributed by atoms with Crippen molar-refractivity contribution in [3.63, 3.8) is 0 Å². The van der Waals surface area contributed by atoms with E-state index >= 15 is 0 Å². The van der Waals surface area contributed by atoms with Crippen LogP contribution in [0.15, 0.2) is 47.9 Å². The molecular weight excluding hydrogens is 472 g/mol. The van der Waals surface area contributed by atoms with E-state index < -0.39 is 16.2 Å². The smallest absolute Gasteiger partial charge is 0.335 e. The standard InChI is InChI=1S/C25H28N2O5S2/c1-17(2)15-26(34(30,31)27-10-5-11-33-27)23-13-19-6-4-7-20(19)14-24(23)32-16-22-9-8-21(25(28)29)12-18(22)3/h4-5,7-9,11-14,17H,6,10,15-16H2,1-3H3,(H,28,29). The number of hydrogen-bond acceptors (Lipinski definition) is 5. The molecule has 0 radical (unpaired) electrons. The van der Waals surface area contributed by atoms with Gasteiger partial charge in [-0.3, -0.25) is 4.31 Å². The van der Waals surface area contributed by atoms with Gasteiger partial charge in [-0.1, -0.05) is 38.1 Å². The number of benzene rings is 2. The molecule has 0 amide bonds. The van der Waals surface area contributed by atoms with Gasteiger partial charge in [0, 0.05) is 13.1 Å². The van der Waals surface area contributed by atoms with E-state index in [0.29, 0.717) is 24.5 Å². The largest absolute Gasteiger partial charge is 0.487 e. The van der Waals surface area contributed by atoms with Crippen molar-refractivity contribution in [1.82, 2.24) is 3.71 Å². The van der Waals surface area contributed by atoms with Crippen LogP contribution in [0.25, 0.3) is 6.08 Å². The second-order valence-electron chi connectivity index (χ2n) is 8.76. The lowest BCUT2D eigenvalue weighted by molar-refractivity contribution is 0.0696. The van der Waals surface area contributed by atoms with E-state index in [1.54, 1.807) is 23.6 Å². The van der Waals surface area contributed by atoms with Gasteiger partial charge in [-0.15, -0.1) is 3.71 Å². The molecule has 34 heavy (non-hydrogen) atoms. The van der Waals surface area contributed by atoms with Crippen LogP contribution in [0.5, 0.6) is 5.75 Å². The number of carboxylic acids is 1. The molecule has 1 N–H and O–H groups in total. The molecule has 1 aliphatic heterocycles. The SMILES string of the molecule is Cc1cc(C(=O)O)ccc1COc1cc2c(cc1N(CC(C)C)S(=O)(=O)N1CC=CS1)CC=C2. The molecule has 0 atom stereocenters. The van der Waals surface area contributed by atoms with Gasteiger partial charge in [0.15, 0.2) is 0 Å². The van der Waals surface area contributed by atoms with E-state index in [2.05, 4.69) is 6.08 Å². The van der Waals surface area contributed by atoms with Crippen molar-refractivity contribution in [3.8, 4) is 5.75 Å². The molecule has 0 spiro atoms. The zero-order chi connectivity index (χ0) is 24.5. The fraction of sp³-hybridized carbons (Fsp3) is 0.320. The van der Waals surface area contributed by atoms with E-state index in [1.807, 2.05) is 45.1 Å². The summed E-state index contributed by atoms with van der Waals surface area (Å²) in [6, 6.07) is 8.71. The van der Waals surface area contributed by atoms with Crippen LogP contribution in [0, 0.1) is 12.8 Å². The summed E-state index contributed by atoms with van der Waals surface area (Å²) in [5, 5.41) is 11.0. The zero-order valence-corrected chi connectivity index (χ0v) is 21.0. The summed E-state index contributed by atoms with van der Waals surface area (Å²) < 4.78 is 36.3.